The average molecular weight is 264 g/mol. The van der Waals surface area contributed by atoms with Crippen molar-refractivity contribution in [3.05, 3.63) is 11.4 Å². The molecule has 0 saturated carbocycles. The second-order valence-electron chi connectivity index (χ2n) is 5.18. The first kappa shape index (κ1) is 14.1. The molecule has 0 amide bonds. The molecule has 0 spiro atoms. The van der Waals surface area contributed by atoms with E-state index in [2.05, 4.69) is 41.4 Å². The lowest BCUT2D eigenvalue weighted by molar-refractivity contribution is 0.183. The molecule has 106 valence electrons. The lowest BCUT2D eigenvalue weighted by atomic mass is 10.0. The lowest BCUT2D eigenvalue weighted by Crippen LogP contribution is -2.27. The topological polar surface area (TPSA) is 59.1 Å². The van der Waals surface area contributed by atoms with Crippen LogP contribution in [-0.4, -0.2) is 35.8 Å². The Morgan fingerprint density at radius 3 is 2.68 bits per heavy atom. The number of ether oxygens (including phenoxy) is 1. The fraction of sp³-hybridized carbons (Fsp3) is 0.714. The summed E-state index contributed by atoms with van der Waals surface area (Å²) in [6.07, 6.45) is 1.12. The van der Waals surface area contributed by atoms with Gasteiger partial charge in [0.1, 0.15) is 17.5 Å². The average Bonchev–Trinajstić information content (AvgIpc) is 2.89. The third-order valence-electron chi connectivity index (χ3n) is 3.64. The fourth-order valence-corrected chi connectivity index (χ4v) is 2.39. The van der Waals surface area contributed by atoms with Crippen molar-refractivity contribution < 1.29 is 4.74 Å². The van der Waals surface area contributed by atoms with Crippen molar-refractivity contribution in [2.75, 3.05) is 30.4 Å². The highest BCUT2D eigenvalue weighted by atomic mass is 16.5. The second-order valence-corrected chi connectivity index (χ2v) is 5.18. The van der Waals surface area contributed by atoms with Crippen molar-refractivity contribution in [3.63, 3.8) is 0 Å². The van der Waals surface area contributed by atoms with Crippen LogP contribution in [-0.2, 0) is 4.74 Å². The summed E-state index contributed by atoms with van der Waals surface area (Å²) in [6, 6.07) is 0.366. The predicted molar refractivity (Wildman–Crippen MR) is 77.7 cm³/mol. The normalized spacial score (nSPS) is 20.3. The maximum absolute atomic E-state index is 5.45. The van der Waals surface area contributed by atoms with Gasteiger partial charge in [0, 0.05) is 30.7 Å². The molecule has 0 aromatic carbocycles. The molecule has 2 heterocycles. The Kier molecular flexibility index (Phi) is 4.58. The zero-order valence-corrected chi connectivity index (χ0v) is 12.3. The van der Waals surface area contributed by atoms with Gasteiger partial charge in [-0.3, -0.25) is 0 Å². The molecular weight excluding hydrogens is 240 g/mol. The highest BCUT2D eigenvalue weighted by Gasteiger charge is 2.23. The van der Waals surface area contributed by atoms with Crippen LogP contribution in [0.2, 0.25) is 0 Å². The summed E-state index contributed by atoms with van der Waals surface area (Å²) in [5, 5.41) is 6.80. The standard InChI is InChI=1S/C14H24N4O/c1-5-15-13-9(2)14(18-11(4)17-13)16-10(3)12-6-7-19-8-12/h10,12H,5-8H2,1-4H3,(H2,15,16,17,18). The summed E-state index contributed by atoms with van der Waals surface area (Å²) in [5.74, 6) is 3.21. The number of rotatable bonds is 5. The van der Waals surface area contributed by atoms with Crippen LogP contribution >= 0.6 is 0 Å². The molecule has 1 aliphatic heterocycles. The summed E-state index contributed by atoms with van der Waals surface area (Å²) >= 11 is 0. The first-order valence-electron chi connectivity index (χ1n) is 7.05. The Balaban J connectivity index is 2.14. The summed E-state index contributed by atoms with van der Waals surface area (Å²) in [5.41, 5.74) is 1.08. The van der Waals surface area contributed by atoms with E-state index in [-0.39, 0.29) is 0 Å². The van der Waals surface area contributed by atoms with E-state index >= 15 is 0 Å². The molecule has 2 atom stereocenters. The van der Waals surface area contributed by atoms with Crippen LogP contribution in [0.5, 0.6) is 0 Å². The van der Waals surface area contributed by atoms with E-state index in [0.29, 0.717) is 12.0 Å². The zero-order chi connectivity index (χ0) is 13.8. The van der Waals surface area contributed by atoms with Crippen molar-refractivity contribution >= 4 is 11.6 Å². The lowest BCUT2D eigenvalue weighted by Gasteiger charge is -2.22. The third-order valence-corrected chi connectivity index (χ3v) is 3.64. The molecule has 1 aromatic rings. The van der Waals surface area contributed by atoms with Gasteiger partial charge in [-0.05, 0) is 34.1 Å². The number of hydrogen-bond acceptors (Lipinski definition) is 5. The van der Waals surface area contributed by atoms with E-state index in [4.69, 9.17) is 4.74 Å². The van der Waals surface area contributed by atoms with Crippen molar-refractivity contribution in [2.45, 2.75) is 40.2 Å². The van der Waals surface area contributed by atoms with Crippen LogP contribution in [0.25, 0.3) is 0 Å². The Hall–Kier alpha value is -1.36. The molecule has 1 aromatic heterocycles. The van der Waals surface area contributed by atoms with Crippen LogP contribution in [0.4, 0.5) is 11.6 Å². The summed E-state index contributed by atoms with van der Waals surface area (Å²) < 4.78 is 5.45. The molecule has 2 rings (SSSR count). The number of hydrogen-bond donors (Lipinski definition) is 2. The van der Waals surface area contributed by atoms with Gasteiger partial charge in [-0.25, -0.2) is 9.97 Å². The predicted octanol–water partition coefficient (Wildman–Crippen LogP) is 2.36. The van der Waals surface area contributed by atoms with E-state index in [1.165, 1.54) is 0 Å². The monoisotopic (exact) mass is 264 g/mol. The van der Waals surface area contributed by atoms with Gasteiger partial charge < -0.3 is 15.4 Å². The van der Waals surface area contributed by atoms with Gasteiger partial charge in [0.2, 0.25) is 0 Å². The highest BCUT2D eigenvalue weighted by Crippen LogP contribution is 2.24. The molecule has 5 nitrogen and oxygen atoms in total. The van der Waals surface area contributed by atoms with E-state index < -0.39 is 0 Å². The minimum atomic E-state index is 0.366. The van der Waals surface area contributed by atoms with Gasteiger partial charge >= 0.3 is 0 Å². The van der Waals surface area contributed by atoms with Crippen LogP contribution in [0.3, 0.4) is 0 Å². The van der Waals surface area contributed by atoms with Crippen LogP contribution in [0, 0.1) is 19.8 Å². The van der Waals surface area contributed by atoms with Gasteiger partial charge in [-0.1, -0.05) is 0 Å². The molecule has 0 bridgehead atoms. The minimum Gasteiger partial charge on any atom is -0.381 e. The third kappa shape index (κ3) is 3.35. The molecule has 1 fully saturated rings. The number of aryl methyl sites for hydroxylation is 1. The van der Waals surface area contributed by atoms with Crippen LogP contribution < -0.4 is 10.6 Å². The molecule has 2 unspecified atom stereocenters. The van der Waals surface area contributed by atoms with Crippen molar-refractivity contribution in [3.8, 4) is 0 Å². The molecule has 1 saturated heterocycles. The quantitative estimate of drug-likeness (QED) is 0.855. The smallest absolute Gasteiger partial charge is 0.134 e. The van der Waals surface area contributed by atoms with Crippen LogP contribution in [0.1, 0.15) is 31.7 Å². The number of nitrogens with one attached hydrogen (secondary N) is 2. The maximum atomic E-state index is 5.45. The summed E-state index contributed by atoms with van der Waals surface area (Å²) in [7, 11) is 0. The molecule has 0 aliphatic carbocycles. The van der Waals surface area contributed by atoms with Gasteiger partial charge in [0.05, 0.1) is 6.61 Å². The number of anilines is 2. The van der Waals surface area contributed by atoms with Gasteiger partial charge in [-0.2, -0.15) is 0 Å². The van der Waals surface area contributed by atoms with Gasteiger partial charge in [0.15, 0.2) is 0 Å². The first-order chi connectivity index (χ1) is 9.11. The second kappa shape index (κ2) is 6.19. The van der Waals surface area contributed by atoms with Crippen molar-refractivity contribution in [1.82, 2.24) is 9.97 Å². The van der Waals surface area contributed by atoms with E-state index in [9.17, 15) is 0 Å². The Labute approximate surface area is 115 Å². The summed E-state index contributed by atoms with van der Waals surface area (Å²) in [6.45, 7) is 10.8. The maximum Gasteiger partial charge on any atom is 0.134 e. The van der Waals surface area contributed by atoms with E-state index in [1.807, 2.05) is 6.92 Å². The molecule has 5 heteroatoms. The highest BCUT2D eigenvalue weighted by molar-refractivity contribution is 5.57. The molecular formula is C14H24N4O. The summed E-state index contributed by atoms with van der Waals surface area (Å²) in [4.78, 5) is 8.96. The number of aromatic nitrogens is 2. The van der Waals surface area contributed by atoms with Crippen molar-refractivity contribution in [2.24, 2.45) is 5.92 Å². The fourth-order valence-electron chi connectivity index (χ4n) is 2.39. The number of nitrogens with zero attached hydrogens (tertiary/aromatic N) is 2. The largest absolute Gasteiger partial charge is 0.381 e. The molecule has 2 N–H and O–H groups in total. The van der Waals surface area contributed by atoms with Crippen LogP contribution in [0.15, 0.2) is 0 Å². The SMILES string of the molecule is CCNc1nc(C)nc(NC(C)C2CCOC2)c1C. The van der Waals surface area contributed by atoms with E-state index in [1.54, 1.807) is 0 Å². The van der Waals surface area contributed by atoms with Gasteiger partial charge in [0.25, 0.3) is 0 Å². The first-order valence-corrected chi connectivity index (χ1v) is 7.05. The Morgan fingerprint density at radius 2 is 2.05 bits per heavy atom. The minimum absolute atomic E-state index is 0.366. The van der Waals surface area contributed by atoms with Crippen molar-refractivity contribution in [1.29, 1.82) is 0 Å². The van der Waals surface area contributed by atoms with Gasteiger partial charge in [-0.15, -0.1) is 0 Å². The Bertz CT molecular complexity index is 430. The molecule has 0 radical (unpaired) electrons. The van der Waals surface area contributed by atoms with E-state index in [0.717, 1.165) is 49.2 Å². The zero-order valence-electron chi connectivity index (χ0n) is 12.3. The molecule has 19 heavy (non-hydrogen) atoms. The molecule has 1 aliphatic rings. The Morgan fingerprint density at radius 1 is 1.32 bits per heavy atom.